The second kappa shape index (κ2) is 7.49. The van der Waals surface area contributed by atoms with Crippen molar-refractivity contribution in [2.45, 2.75) is 25.9 Å². The summed E-state index contributed by atoms with van der Waals surface area (Å²) in [5.74, 6) is 0.820. The molecule has 1 atom stereocenters. The number of H-pyrrole nitrogens is 1. The Kier molecular flexibility index (Phi) is 5.16. The van der Waals surface area contributed by atoms with Crippen molar-refractivity contribution < 1.29 is 9.84 Å². The summed E-state index contributed by atoms with van der Waals surface area (Å²) in [5, 5.41) is 15.6. The third-order valence-electron chi connectivity index (χ3n) is 4.00. The quantitative estimate of drug-likeness (QED) is 0.558. The largest absolute Gasteiger partial charge is 0.490 e. The third kappa shape index (κ3) is 3.66. The molecule has 4 nitrogen and oxygen atoms in total. The lowest BCUT2D eigenvalue weighted by molar-refractivity contribution is 0.101. The number of aliphatic hydroxyl groups excluding tert-OH is 1. The zero-order valence-corrected chi connectivity index (χ0v) is 13.5. The van der Waals surface area contributed by atoms with Gasteiger partial charge in [-0.2, -0.15) is 0 Å². The lowest BCUT2D eigenvalue weighted by Crippen LogP contribution is -2.25. The minimum absolute atomic E-state index is 0.312. The molecule has 0 saturated carbocycles. The number of aliphatic hydroxyl groups is 1. The van der Waals surface area contributed by atoms with E-state index in [1.54, 1.807) is 0 Å². The molecule has 0 aliphatic rings. The summed E-state index contributed by atoms with van der Waals surface area (Å²) < 4.78 is 5.91. The zero-order valence-electron chi connectivity index (χ0n) is 13.5. The van der Waals surface area contributed by atoms with Crippen molar-refractivity contribution in [3.8, 4) is 5.75 Å². The highest BCUT2D eigenvalue weighted by molar-refractivity contribution is 6.10. The van der Waals surface area contributed by atoms with Gasteiger partial charge in [-0.3, -0.25) is 0 Å². The minimum Gasteiger partial charge on any atom is -0.490 e. The Morgan fingerprint density at radius 3 is 2.78 bits per heavy atom. The minimum atomic E-state index is -0.459. The summed E-state index contributed by atoms with van der Waals surface area (Å²) in [4.78, 5) is 3.40. The van der Waals surface area contributed by atoms with Gasteiger partial charge in [0.05, 0.1) is 11.6 Å². The molecule has 0 bridgehead atoms. The van der Waals surface area contributed by atoms with Gasteiger partial charge < -0.3 is 20.1 Å². The molecule has 3 rings (SSSR count). The number of aromatic nitrogens is 1. The van der Waals surface area contributed by atoms with Gasteiger partial charge >= 0.3 is 0 Å². The highest BCUT2D eigenvalue weighted by atomic mass is 16.5. The van der Waals surface area contributed by atoms with Gasteiger partial charge in [0.15, 0.2) is 0 Å². The van der Waals surface area contributed by atoms with E-state index in [9.17, 15) is 5.11 Å². The molecule has 3 N–H and O–H groups in total. The second-order valence-corrected chi connectivity index (χ2v) is 5.85. The van der Waals surface area contributed by atoms with Crippen LogP contribution in [0.5, 0.6) is 5.75 Å². The molecule has 0 aliphatic carbocycles. The number of rotatable bonds is 8. The number of hydrogen-bond acceptors (Lipinski definition) is 3. The molecular formula is C19H24N2O2. The zero-order chi connectivity index (χ0) is 16.1. The molecule has 4 heteroatoms. The Labute approximate surface area is 136 Å². The van der Waals surface area contributed by atoms with Gasteiger partial charge in [0, 0.05) is 16.3 Å². The summed E-state index contributed by atoms with van der Waals surface area (Å²) in [6.45, 7) is 4.25. The summed E-state index contributed by atoms with van der Waals surface area (Å²) >= 11 is 0. The smallest absolute Gasteiger partial charge is 0.129 e. The number of aromatic amines is 1. The van der Waals surface area contributed by atoms with Crippen LogP contribution in [0.2, 0.25) is 0 Å². The van der Waals surface area contributed by atoms with Gasteiger partial charge in [0.1, 0.15) is 12.4 Å². The molecule has 23 heavy (non-hydrogen) atoms. The molecule has 0 spiro atoms. The second-order valence-electron chi connectivity index (χ2n) is 5.85. The van der Waals surface area contributed by atoms with Crippen LogP contribution in [0, 0.1) is 0 Å². The number of para-hydroxylation sites is 1. The Hall–Kier alpha value is -2.04. The van der Waals surface area contributed by atoms with Gasteiger partial charge in [0.2, 0.25) is 0 Å². The van der Waals surface area contributed by atoms with Gasteiger partial charge in [-0.15, -0.1) is 0 Å². The Bertz CT molecular complexity index is 766. The Morgan fingerprint density at radius 2 is 1.91 bits per heavy atom. The molecule has 0 radical (unpaired) electrons. The van der Waals surface area contributed by atoms with E-state index in [4.69, 9.17) is 4.74 Å². The van der Waals surface area contributed by atoms with Crippen molar-refractivity contribution in [1.29, 1.82) is 0 Å². The average Bonchev–Trinajstić information content (AvgIpc) is 2.96. The molecule has 2 aromatic carbocycles. The molecule has 1 heterocycles. The first-order chi connectivity index (χ1) is 11.3. The first kappa shape index (κ1) is 15.8. The normalized spacial score (nSPS) is 12.8. The standard InChI is InChI=1S/C19H24N2O2/c1-2-11-20-12-10-14(22)13-23-18-9-5-8-17-19(18)15-6-3-4-7-16(15)21-17/h3-9,14,20-22H,2,10-13H2,1H3. The van der Waals surface area contributed by atoms with Crippen molar-refractivity contribution >= 4 is 21.8 Å². The summed E-state index contributed by atoms with van der Waals surface area (Å²) in [6.07, 6.45) is 1.35. The van der Waals surface area contributed by atoms with E-state index in [2.05, 4.69) is 29.4 Å². The van der Waals surface area contributed by atoms with Crippen LogP contribution in [-0.4, -0.2) is 35.9 Å². The van der Waals surface area contributed by atoms with E-state index in [-0.39, 0.29) is 0 Å². The monoisotopic (exact) mass is 312 g/mol. The van der Waals surface area contributed by atoms with Crippen LogP contribution >= 0.6 is 0 Å². The van der Waals surface area contributed by atoms with Crippen molar-refractivity contribution in [1.82, 2.24) is 10.3 Å². The van der Waals surface area contributed by atoms with Crippen LogP contribution in [-0.2, 0) is 0 Å². The number of ether oxygens (including phenoxy) is 1. The molecule has 0 fully saturated rings. The van der Waals surface area contributed by atoms with E-state index in [1.807, 2.05) is 30.3 Å². The Morgan fingerprint density at radius 1 is 1.09 bits per heavy atom. The van der Waals surface area contributed by atoms with E-state index in [1.165, 1.54) is 0 Å². The molecule has 3 aromatic rings. The number of hydrogen-bond donors (Lipinski definition) is 3. The van der Waals surface area contributed by atoms with E-state index in [0.29, 0.717) is 13.0 Å². The maximum Gasteiger partial charge on any atom is 0.129 e. The highest BCUT2D eigenvalue weighted by Gasteiger charge is 2.11. The molecule has 0 saturated heterocycles. The predicted molar refractivity (Wildman–Crippen MR) is 95.1 cm³/mol. The lowest BCUT2D eigenvalue weighted by atomic mass is 10.1. The highest BCUT2D eigenvalue weighted by Crippen LogP contribution is 2.32. The fourth-order valence-electron chi connectivity index (χ4n) is 2.83. The molecule has 122 valence electrons. The van der Waals surface area contributed by atoms with Gasteiger partial charge in [-0.05, 0) is 44.1 Å². The predicted octanol–water partition coefficient (Wildman–Crippen LogP) is 3.45. The topological polar surface area (TPSA) is 57.3 Å². The van der Waals surface area contributed by atoms with E-state index < -0.39 is 6.10 Å². The molecule has 1 unspecified atom stereocenters. The van der Waals surface area contributed by atoms with Crippen molar-refractivity contribution in [3.63, 3.8) is 0 Å². The molecule has 1 aromatic heterocycles. The summed E-state index contributed by atoms with van der Waals surface area (Å²) in [6, 6.07) is 14.2. The fourth-order valence-corrected chi connectivity index (χ4v) is 2.83. The first-order valence-electron chi connectivity index (χ1n) is 8.30. The van der Waals surface area contributed by atoms with E-state index in [0.717, 1.165) is 47.1 Å². The molecule has 0 aliphatic heterocycles. The maximum absolute atomic E-state index is 10.1. The molecule has 0 amide bonds. The van der Waals surface area contributed by atoms with Gasteiger partial charge in [-0.25, -0.2) is 0 Å². The van der Waals surface area contributed by atoms with Crippen LogP contribution in [0.15, 0.2) is 42.5 Å². The Balaban J connectivity index is 1.70. The van der Waals surface area contributed by atoms with E-state index >= 15 is 0 Å². The lowest BCUT2D eigenvalue weighted by Gasteiger charge is -2.13. The van der Waals surface area contributed by atoms with Crippen LogP contribution < -0.4 is 10.1 Å². The van der Waals surface area contributed by atoms with Crippen LogP contribution in [0.1, 0.15) is 19.8 Å². The third-order valence-corrected chi connectivity index (χ3v) is 4.00. The van der Waals surface area contributed by atoms with Crippen LogP contribution in [0.25, 0.3) is 21.8 Å². The van der Waals surface area contributed by atoms with Crippen molar-refractivity contribution in [2.24, 2.45) is 0 Å². The summed E-state index contributed by atoms with van der Waals surface area (Å²) in [5.41, 5.74) is 2.16. The van der Waals surface area contributed by atoms with Crippen LogP contribution in [0.4, 0.5) is 0 Å². The first-order valence-corrected chi connectivity index (χ1v) is 8.30. The van der Waals surface area contributed by atoms with Crippen molar-refractivity contribution in [2.75, 3.05) is 19.7 Å². The maximum atomic E-state index is 10.1. The van der Waals surface area contributed by atoms with Crippen molar-refractivity contribution in [3.05, 3.63) is 42.5 Å². The fraction of sp³-hybridized carbons (Fsp3) is 0.368. The molecular weight excluding hydrogens is 288 g/mol. The average molecular weight is 312 g/mol. The number of benzene rings is 2. The SMILES string of the molecule is CCCNCCC(O)COc1cccc2[nH]c3ccccc3c12. The summed E-state index contributed by atoms with van der Waals surface area (Å²) in [7, 11) is 0. The number of nitrogens with one attached hydrogen (secondary N) is 2. The van der Waals surface area contributed by atoms with Gasteiger partial charge in [-0.1, -0.05) is 31.2 Å². The van der Waals surface area contributed by atoms with Gasteiger partial charge in [0.25, 0.3) is 0 Å². The number of fused-ring (bicyclic) bond motifs is 3. The van der Waals surface area contributed by atoms with Crippen LogP contribution in [0.3, 0.4) is 0 Å².